The highest BCUT2D eigenvalue weighted by Gasteiger charge is 2.12. The minimum absolute atomic E-state index is 0.160. The fourth-order valence-electron chi connectivity index (χ4n) is 2.76. The van der Waals surface area contributed by atoms with Crippen LogP contribution in [0, 0.1) is 13.8 Å². The Labute approximate surface area is 133 Å². The number of hydrogen-bond acceptors (Lipinski definition) is 3. The minimum Gasteiger partial charge on any atom is -0.280 e. The highest BCUT2D eigenvalue weighted by molar-refractivity contribution is 5.43. The van der Waals surface area contributed by atoms with Gasteiger partial charge in [0, 0.05) is 24.6 Å². The largest absolute Gasteiger partial charge is 0.350 e. The molecule has 6 nitrogen and oxygen atoms in total. The fraction of sp³-hybridized carbons (Fsp3) is 0.353. The lowest BCUT2D eigenvalue weighted by Crippen LogP contribution is -2.24. The SMILES string of the molecule is CCCCn1nc2c(=O)n(-c3cc(C)cc(C)c3)ccn2c1=O. The highest BCUT2D eigenvalue weighted by Crippen LogP contribution is 2.12. The number of nitrogens with zero attached hydrogens (tertiary/aromatic N) is 4. The van der Waals surface area contributed by atoms with Crippen LogP contribution in [0.25, 0.3) is 11.3 Å². The summed E-state index contributed by atoms with van der Waals surface area (Å²) in [5.74, 6) is 0. The van der Waals surface area contributed by atoms with Gasteiger partial charge in [0.25, 0.3) is 0 Å². The molecule has 0 bridgehead atoms. The monoisotopic (exact) mass is 312 g/mol. The average Bonchev–Trinajstić information content (AvgIpc) is 2.82. The molecule has 120 valence electrons. The van der Waals surface area contributed by atoms with E-state index >= 15 is 0 Å². The lowest BCUT2D eigenvalue weighted by atomic mass is 10.1. The molecule has 0 saturated heterocycles. The van der Waals surface area contributed by atoms with Crippen molar-refractivity contribution in [3.8, 4) is 5.69 Å². The Hall–Kier alpha value is -2.63. The molecule has 0 atom stereocenters. The molecular weight excluding hydrogens is 292 g/mol. The van der Waals surface area contributed by atoms with Crippen LogP contribution in [0.1, 0.15) is 30.9 Å². The van der Waals surface area contributed by atoms with Gasteiger partial charge >= 0.3 is 11.2 Å². The van der Waals surface area contributed by atoms with Gasteiger partial charge in [-0.25, -0.2) is 13.9 Å². The Morgan fingerprint density at radius 3 is 2.39 bits per heavy atom. The summed E-state index contributed by atoms with van der Waals surface area (Å²) in [6.45, 7) is 6.56. The molecule has 6 heteroatoms. The predicted molar refractivity (Wildman–Crippen MR) is 89.4 cm³/mol. The molecule has 3 aromatic rings. The van der Waals surface area contributed by atoms with Gasteiger partial charge in [-0.15, -0.1) is 5.10 Å². The van der Waals surface area contributed by atoms with Crippen LogP contribution >= 0.6 is 0 Å². The first kappa shape index (κ1) is 15.3. The van der Waals surface area contributed by atoms with Crippen LogP contribution in [0.4, 0.5) is 0 Å². The number of unbranched alkanes of at least 4 members (excludes halogenated alkanes) is 1. The van der Waals surface area contributed by atoms with Crippen molar-refractivity contribution in [3.05, 3.63) is 62.6 Å². The maximum atomic E-state index is 12.7. The van der Waals surface area contributed by atoms with E-state index in [1.54, 1.807) is 12.4 Å². The molecule has 0 spiro atoms. The predicted octanol–water partition coefficient (Wildman–Crippen LogP) is 2.06. The van der Waals surface area contributed by atoms with E-state index in [-0.39, 0.29) is 16.9 Å². The Morgan fingerprint density at radius 1 is 1.04 bits per heavy atom. The van der Waals surface area contributed by atoms with Gasteiger partial charge in [-0.05, 0) is 43.5 Å². The van der Waals surface area contributed by atoms with E-state index in [2.05, 4.69) is 11.2 Å². The molecule has 3 rings (SSSR count). The standard InChI is InChI=1S/C17H20N4O2/c1-4-5-6-21-17(23)20-8-7-19(16(22)15(20)18-21)14-10-12(2)9-13(3)11-14/h7-11H,4-6H2,1-3H3. The maximum Gasteiger partial charge on any atom is 0.350 e. The Bertz CT molecular complexity index is 958. The highest BCUT2D eigenvalue weighted by atomic mass is 16.2. The molecule has 23 heavy (non-hydrogen) atoms. The van der Waals surface area contributed by atoms with Crippen molar-refractivity contribution < 1.29 is 0 Å². The summed E-state index contributed by atoms with van der Waals surface area (Å²) in [5.41, 5.74) is 2.55. The first-order valence-corrected chi connectivity index (χ1v) is 7.81. The second-order valence-corrected chi connectivity index (χ2v) is 5.87. The van der Waals surface area contributed by atoms with E-state index in [0.29, 0.717) is 6.54 Å². The van der Waals surface area contributed by atoms with Gasteiger partial charge in [0.2, 0.25) is 5.65 Å². The van der Waals surface area contributed by atoms with E-state index in [1.165, 1.54) is 13.6 Å². The lowest BCUT2D eigenvalue weighted by molar-refractivity contribution is 0.554. The molecule has 0 radical (unpaired) electrons. The second kappa shape index (κ2) is 5.87. The topological polar surface area (TPSA) is 61.3 Å². The molecule has 0 fully saturated rings. The van der Waals surface area contributed by atoms with Crippen molar-refractivity contribution in [1.82, 2.24) is 18.7 Å². The van der Waals surface area contributed by atoms with Crippen LogP contribution in [0.3, 0.4) is 0 Å². The zero-order chi connectivity index (χ0) is 16.6. The first-order valence-electron chi connectivity index (χ1n) is 7.81. The van der Waals surface area contributed by atoms with Crippen molar-refractivity contribution >= 4 is 5.65 Å². The van der Waals surface area contributed by atoms with E-state index in [0.717, 1.165) is 29.7 Å². The van der Waals surface area contributed by atoms with E-state index in [4.69, 9.17) is 0 Å². The normalized spacial score (nSPS) is 11.3. The van der Waals surface area contributed by atoms with Crippen LogP contribution in [0.2, 0.25) is 0 Å². The summed E-state index contributed by atoms with van der Waals surface area (Å²) in [7, 11) is 0. The quantitative estimate of drug-likeness (QED) is 0.741. The molecule has 0 aliphatic heterocycles. The number of fused-ring (bicyclic) bond motifs is 1. The van der Waals surface area contributed by atoms with E-state index in [9.17, 15) is 9.59 Å². The van der Waals surface area contributed by atoms with Gasteiger partial charge in [-0.2, -0.15) is 0 Å². The summed E-state index contributed by atoms with van der Waals surface area (Å²) in [4.78, 5) is 25.0. The van der Waals surface area contributed by atoms with E-state index in [1.807, 2.05) is 32.9 Å². The van der Waals surface area contributed by atoms with Crippen LogP contribution < -0.4 is 11.2 Å². The van der Waals surface area contributed by atoms with Crippen molar-refractivity contribution in [3.63, 3.8) is 0 Å². The van der Waals surface area contributed by atoms with Crippen molar-refractivity contribution in [2.75, 3.05) is 0 Å². The average molecular weight is 312 g/mol. The molecule has 0 saturated carbocycles. The molecule has 2 aromatic heterocycles. The summed E-state index contributed by atoms with van der Waals surface area (Å²) in [5, 5.41) is 4.21. The maximum absolute atomic E-state index is 12.7. The summed E-state index contributed by atoms with van der Waals surface area (Å²) in [6, 6.07) is 5.94. The zero-order valence-electron chi connectivity index (χ0n) is 13.6. The Kier molecular flexibility index (Phi) is 3.90. The molecule has 0 amide bonds. The summed E-state index contributed by atoms with van der Waals surface area (Å²) < 4.78 is 4.22. The third kappa shape index (κ3) is 2.72. The van der Waals surface area contributed by atoms with Gasteiger partial charge in [0.15, 0.2) is 0 Å². The Morgan fingerprint density at radius 2 is 1.74 bits per heavy atom. The number of hydrogen-bond donors (Lipinski definition) is 0. The minimum atomic E-state index is -0.287. The summed E-state index contributed by atoms with van der Waals surface area (Å²) >= 11 is 0. The van der Waals surface area contributed by atoms with Crippen molar-refractivity contribution in [2.24, 2.45) is 0 Å². The van der Waals surface area contributed by atoms with Crippen molar-refractivity contribution in [2.45, 2.75) is 40.2 Å². The van der Waals surface area contributed by atoms with Crippen LogP contribution in [0.5, 0.6) is 0 Å². The number of aromatic nitrogens is 4. The lowest BCUT2D eigenvalue weighted by Gasteiger charge is -2.07. The third-order valence-corrected chi connectivity index (χ3v) is 3.85. The molecule has 0 aliphatic carbocycles. The number of aryl methyl sites for hydroxylation is 3. The molecule has 0 unspecified atom stereocenters. The fourth-order valence-corrected chi connectivity index (χ4v) is 2.76. The second-order valence-electron chi connectivity index (χ2n) is 5.87. The van der Waals surface area contributed by atoms with Gasteiger partial charge in [0.1, 0.15) is 0 Å². The van der Waals surface area contributed by atoms with Crippen LogP contribution in [-0.2, 0) is 6.54 Å². The number of benzene rings is 1. The smallest absolute Gasteiger partial charge is 0.280 e. The van der Waals surface area contributed by atoms with Crippen molar-refractivity contribution in [1.29, 1.82) is 0 Å². The van der Waals surface area contributed by atoms with Crippen LogP contribution in [0.15, 0.2) is 40.2 Å². The molecule has 2 heterocycles. The molecule has 0 N–H and O–H groups in total. The third-order valence-electron chi connectivity index (χ3n) is 3.85. The van der Waals surface area contributed by atoms with Crippen LogP contribution in [-0.4, -0.2) is 18.7 Å². The molecular formula is C17H20N4O2. The number of rotatable bonds is 4. The first-order chi connectivity index (χ1) is 11.0. The van der Waals surface area contributed by atoms with Gasteiger partial charge in [-0.1, -0.05) is 19.4 Å². The Balaban J connectivity index is 2.19. The molecule has 1 aromatic carbocycles. The summed E-state index contributed by atoms with van der Waals surface area (Å²) in [6.07, 6.45) is 5.05. The molecule has 0 aliphatic rings. The van der Waals surface area contributed by atoms with Gasteiger partial charge < -0.3 is 0 Å². The van der Waals surface area contributed by atoms with E-state index < -0.39 is 0 Å². The van der Waals surface area contributed by atoms with Gasteiger partial charge in [-0.3, -0.25) is 9.36 Å². The zero-order valence-corrected chi connectivity index (χ0v) is 13.6. The van der Waals surface area contributed by atoms with Gasteiger partial charge in [0.05, 0.1) is 0 Å².